The fraction of sp³-hybridized carbons (Fsp3) is 0.375. The Morgan fingerprint density at radius 1 is 0.509 bits per heavy atom. The predicted molar refractivity (Wildman–Crippen MR) is 231 cm³/mol. The van der Waals surface area contributed by atoms with Gasteiger partial charge < -0.3 is 4.57 Å². The van der Waals surface area contributed by atoms with Crippen LogP contribution in [0.4, 0.5) is 4.39 Å². The molecule has 0 aliphatic heterocycles. The van der Waals surface area contributed by atoms with Gasteiger partial charge in [0.2, 0.25) is 0 Å². The van der Waals surface area contributed by atoms with E-state index in [2.05, 4.69) is 158 Å². The van der Waals surface area contributed by atoms with Crippen molar-refractivity contribution >= 4 is 11.3 Å². The maximum absolute atomic E-state index is 12.5. The molecular weight excluding hydrogens is 670 g/mol. The molecule has 3 nitrogen and oxygen atoms in total. The van der Waals surface area contributed by atoms with Crippen molar-refractivity contribution in [2.45, 2.75) is 119 Å². The average Bonchev–Trinajstić information content (AvgIpc) is 3.91. The zero-order valence-electron chi connectivity index (χ0n) is 34.4. The van der Waals surface area contributed by atoms with Crippen LogP contribution < -0.4 is 0 Å². The molecule has 6 rings (SSSR count). The summed E-state index contributed by atoms with van der Waals surface area (Å²) < 4.78 is 14.7. The van der Waals surface area contributed by atoms with Crippen molar-refractivity contribution in [2.24, 2.45) is 0 Å². The first-order valence-electron chi connectivity index (χ1n) is 19.0. The van der Waals surface area contributed by atoms with Crippen molar-refractivity contribution in [3.8, 4) is 0 Å². The minimum Gasteiger partial charge on any atom is -0.352 e. The minimum atomic E-state index is -0.147. The highest BCUT2D eigenvalue weighted by atomic mass is 32.1. The molecule has 4 heterocycles. The van der Waals surface area contributed by atoms with E-state index >= 15 is 0 Å². The standard InChI is InChI=1S/C9H11F.C9H12.2C8H11N.C7H11N.C7H10S/c1-7(2)8-4-3-5-9(10)6-8;1-8(2)9-6-4-3-5-7-9;1-7(2)8-4-3-5-9-6-8;1-7(2)8-5-3-4-6-9-8;1-7(2)8-5-3-4-6-8;1-6(2)7-4-3-5-8-7/h3-7H,1-2H3;3-8H,1-2H3;2*3-7H,1-2H3;3-7H,1-2H3;3-6H,1-2H3. The van der Waals surface area contributed by atoms with Crippen LogP contribution in [0.3, 0.4) is 0 Å². The zero-order valence-corrected chi connectivity index (χ0v) is 35.3. The second-order valence-electron chi connectivity index (χ2n) is 14.5. The summed E-state index contributed by atoms with van der Waals surface area (Å²) >= 11 is 1.83. The molecule has 0 spiro atoms. The van der Waals surface area contributed by atoms with Gasteiger partial charge in [0.1, 0.15) is 5.82 Å². The Labute approximate surface area is 326 Å². The molecule has 6 aromatic rings. The third kappa shape index (κ3) is 21.7. The van der Waals surface area contributed by atoms with E-state index in [4.69, 9.17) is 0 Å². The van der Waals surface area contributed by atoms with Gasteiger partial charge in [-0.25, -0.2) is 4.39 Å². The van der Waals surface area contributed by atoms with Gasteiger partial charge in [0.05, 0.1) is 0 Å². The monoisotopic (exact) mass is 735 g/mol. The normalized spacial score (nSPS) is 10.2. The summed E-state index contributed by atoms with van der Waals surface area (Å²) in [5.41, 5.74) is 4.94. The zero-order chi connectivity index (χ0) is 39.6. The first kappa shape index (κ1) is 46.7. The van der Waals surface area contributed by atoms with E-state index in [1.807, 2.05) is 72.3 Å². The van der Waals surface area contributed by atoms with Gasteiger partial charge in [-0.3, -0.25) is 9.97 Å². The Kier molecular flexibility index (Phi) is 24.0. The largest absolute Gasteiger partial charge is 0.352 e. The van der Waals surface area contributed by atoms with E-state index in [9.17, 15) is 4.39 Å². The summed E-state index contributed by atoms with van der Waals surface area (Å²) in [5, 5.41) is 2.12. The molecular formula is C48H66FN3S. The number of hydrogen-bond donors (Lipinski definition) is 0. The van der Waals surface area contributed by atoms with Crippen LogP contribution in [0, 0.1) is 5.82 Å². The van der Waals surface area contributed by atoms with Crippen LogP contribution in [0.25, 0.3) is 0 Å². The van der Waals surface area contributed by atoms with Crippen LogP contribution in [0.5, 0.6) is 0 Å². The molecule has 286 valence electrons. The highest BCUT2D eigenvalue weighted by Crippen LogP contribution is 2.19. The van der Waals surface area contributed by atoms with Gasteiger partial charge in [-0.05, 0) is 114 Å². The summed E-state index contributed by atoms with van der Waals surface area (Å²) in [4.78, 5) is 9.66. The highest BCUT2D eigenvalue weighted by molar-refractivity contribution is 7.10. The molecule has 0 radical (unpaired) electrons. The smallest absolute Gasteiger partial charge is 0.123 e. The fourth-order valence-electron chi connectivity index (χ4n) is 4.45. The van der Waals surface area contributed by atoms with Gasteiger partial charge in [-0.15, -0.1) is 11.3 Å². The summed E-state index contributed by atoms with van der Waals surface area (Å²) in [6, 6.07) is 36.3. The summed E-state index contributed by atoms with van der Waals surface area (Å²) in [6.45, 7) is 25.9. The number of thiophene rings is 1. The quantitative estimate of drug-likeness (QED) is 0.170. The average molecular weight is 736 g/mol. The van der Waals surface area contributed by atoms with Crippen molar-refractivity contribution in [1.29, 1.82) is 0 Å². The predicted octanol–water partition coefficient (Wildman–Crippen LogP) is 15.1. The van der Waals surface area contributed by atoms with Crippen molar-refractivity contribution in [2.75, 3.05) is 0 Å². The van der Waals surface area contributed by atoms with Gasteiger partial charge in [-0.1, -0.05) is 130 Å². The van der Waals surface area contributed by atoms with Gasteiger partial charge >= 0.3 is 0 Å². The Morgan fingerprint density at radius 3 is 1.42 bits per heavy atom. The molecule has 2 aromatic carbocycles. The first-order chi connectivity index (χ1) is 25.2. The van der Waals surface area contributed by atoms with E-state index in [0.717, 1.165) is 11.3 Å². The van der Waals surface area contributed by atoms with Crippen LogP contribution in [0.2, 0.25) is 0 Å². The van der Waals surface area contributed by atoms with Crippen LogP contribution in [-0.4, -0.2) is 14.5 Å². The molecule has 0 atom stereocenters. The van der Waals surface area contributed by atoms with Crippen molar-refractivity contribution in [1.82, 2.24) is 14.5 Å². The third-order valence-electron chi connectivity index (χ3n) is 7.95. The molecule has 0 fully saturated rings. The number of aromatic nitrogens is 3. The summed E-state index contributed by atoms with van der Waals surface area (Å²) in [7, 11) is 0. The van der Waals surface area contributed by atoms with Crippen molar-refractivity contribution in [3.63, 3.8) is 0 Å². The van der Waals surface area contributed by atoms with Gasteiger partial charge in [0, 0.05) is 47.6 Å². The molecule has 0 saturated heterocycles. The SMILES string of the molecule is CC(C)c1cccc(F)c1.CC(C)c1ccccc1.CC(C)c1ccccn1.CC(C)c1cccnc1.CC(C)c1cccs1.CC(C)n1cccc1. The number of hydrogen-bond acceptors (Lipinski definition) is 3. The van der Waals surface area contributed by atoms with Crippen LogP contribution in [0.1, 0.15) is 146 Å². The number of pyridine rings is 2. The summed E-state index contributed by atoms with van der Waals surface area (Å²) in [6.07, 6.45) is 9.68. The topological polar surface area (TPSA) is 30.7 Å². The fourth-order valence-corrected chi connectivity index (χ4v) is 5.19. The van der Waals surface area contributed by atoms with E-state index < -0.39 is 0 Å². The minimum absolute atomic E-state index is 0.147. The lowest BCUT2D eigenvalue weighted by Gasteiger charge is -2.03. The number of halogens is 1. The van der Waals surface area contributed by atoms with E-state index in [0.29, 0.717) is 35.6 Å². The second kappa shape index (κ2) is 27.3. The van der Waals surface area contributed by atoms with Crippen LogP contribution in [-0.2, 0) is 0 Å². The van der Waals surface area contributed by atoms with E-state index in [1.165, 1.54) is 22.1 Å². The molecule has 0 saturated carbocycles. The second-order valence-corrected chi connectivity index (χ2v) is 15.5. The molecule has 53 heavy (non-hydrogen) atoms. The lowest BCUT2D eigenvalue weighted by atomic mass is 10.0. The molecule has 0 aliphatic carbocycles. The molecule has 0 aliphatic rings. The van der Waals surface area contributed by atoms with Crippen LogP contribution >= 0.6 is 11.3 Å². The van der Waals surface area contributed by atoms with E-state index in [1.54, 1.807) is 18.3 Å². The van der Waals surface area contributed by atoms with Crippen molar-refractivity contribution in [3.05, 3.63) is 179 Å². The number of rotatable bonds is 6. The first-order valence-corrected chi connectivity index (χ1v) is 19.9. The molecule has 0 bridgehead atoms. The Bertz CT molecular complexity index is 1520. The molecule has 0 N–H and O–H groups in total. The Hall–Kier alpha value is -4.35. The molecule has 5 heteroatoms. The van der Waals surface area contributed by atoms with Gasteiger partial charge in [0.25, 0.3) is 0 Å². The van der Waals surface area contributed by atoms with Crippen molar-refractivity contribution < 1.29 is 4.39 Å². The molecule has 4 aromatic heterocycles. The highest BCUT2D eigenvalue weighted by Gasteiger charge is 1.99. The van der Waals surface area contributed by atoms with Crippen LogP contribution in [0.15, 0.2) is 146 Å². The number of benzene rings is 2. The number of nitrogens with zero attached hydrogens (tertiary/aromatic N) is 3. The maximum Gasteiger partial charge on any atom is 0.123 e. The Morgan fingerprint density at radius 2 is 1.09 bits per heavy atom. The third-order valence-corrected chi connectivity index (χ3v) is 9.12. The molecule has 0 unspecified atom stereocenters. The van der Waals surface area contributed by atoms with E-state index in [-0.39, 0.29) is 5.82 Å². The van der Waals surface area contributed by atoms with Gasteiger partial charge in [-0.2, -0.15) is 0 Å². The maximum atomic E-state index is 12.5. The molecule has 0 amide bonds. The Balaban J connectivity index is 0.000000318. The summed E-state index contributed by atoms with van der Waals surface area (Å²) in [5.74, 6) is 2.77. The lowest BCUT2D eigenvalue weighted by molar-refractivity contribution is 0.604. The lowest BCUT2D eigenvalue weighted by Crippen LogP contribution is -1.94. The van der Waals surface area contributed by atoms with Gasteiger partial charge in [0.15, 0.2) is 0 Å².